The number of hydrogen-bond acceptors (Lipinski definition) is 6. The molecule has 0 heterocycles. The molecule has 0 bridgehead atoms. The van der Waals surface area contributed by atoms with Gasteiger partial charge < -0.3 is 19.9 Å². The van der Waals surface area contributed by atoms with Gasteiger partial charge in [-0.2, -0.15) is 0 Å². The molecular formula is C18H32N2O5. The summed E-state index contributed by atoms with van der Waals surface area (Å²) in [6.07, 6.45) is -1.24. The first kappa shape index (κ1) is 23.1. The van der Waals surface area contributed by atoms with Crippen LogP contribution in [0.15, 0.2) is 17.3 Å². The predicted octanol–water partition coefficient (Wildman–Crippen LogP) is 2.82. The molecule has 0 aliphatic rings. The molecule has 0 saturated carbocycles. The molecule has 0 rings (SSSR count). The maximum atomic E-state index is 11.9. The second-order valence-electron chi connectivity index (χ2n) is 7.17. The molecule has 0 radical (unpaired) electrons. The van der Waals surface area contributed by atoms with E-state index < -0.39 is 23.8 Å². The van der Waals surface area contributed by atoms with Gasteiger partial charge in [0, 0.05) is 11.8 Å². The minimum Gasteiger partial charge on any atom is -0.461 e. The lowest BCUT2D eigenvalue weighted by Gasteiger charge is -2.27. The van der Waals surface area contributed by atoms with E-state index in [1.54, 1.807) is 34.6 Å². The van der Waals surface area contributed by atoms with E-state index >= 15 is 0 Å². The Bertz CT molecular complexity index is 506. The summed E-state index contributed by atoms with van der Waals surface area (Å²) in [5.41, 5.74) is -0.340. The minimum atomic E-state index is -0.937. The number of rotatable bonds is 8. The maximum absolute atomic E-state index is 11.9. The summed E-state index contributed by atoms with van der Waals surface area (Å²) in [5.74, 6) is -0.551. The van der Waals surface area contributed by atoms with Crippen LogP contribution in [0.3, 0.4) is 0 Å². The monoisotopic (exact) mass is 356 g/mol. The minimum absolute atomic E-state index is 0.0698. The summed E-state index contributed by atoms with van der Waals surface area (Å²) in [5, 5.41) is 13.1. The van der Waals surface area contributed by atoms with Gasteiger partial charge in [0.15, 0.2) is 0 Å². The van der Waals surface area contributed by atoms with Gasteiger partial charge in [0.25, 0.3) is 0 Å². The molecule has 0 saturated heterocycles. The van der Waals surface area contributed by atoms with Crippen molar-refractivity contribution in [1.29, 1.82) is 0 Å². The number of amides is 1. The number of nitrogens with zero attached hydrogens (tertiary/aromatic N) is 1. The number of hydrogen-bond donors (Lipinski definition) is 2. The summed E-state index contributed by atoms with van der Waals surface area (Å²) < 4.78 is 10.0. The highest BCUT2D eigenvalue weighted by Crippen LogP contribution is 2.13. The van der Waals surface area contributed by atoms with Crippen LogP contribution in [0.2, 0.25) is 0 Å². The second kappa shape index (κ2) is 10.2. The van der Waals surface area contributed by atoms with Crippen LogP contribution in [-0.4, -0.2) is 47.2 Å². The first-order valence-corrected chi connectivity index (χ1v) is 8.46. The number of ether oxygens (including phenoxy) is 2. The molecule has 0 aromatic carbocycles. The standard InChI is InChI=1S/C18H32N2O5/c1-9-24-16(22)13(5)19-12(4)15(21)10-14(11(2)3)20-17(23)25-18(6,7)8/h11,14-15,21H,5,9-10H2,1-4,6-8H3,(H,20,23). The van der Waals surface area contributed by atoms with Crippen LogP contribution >= 0.6 is 0 Å². The summed E-state index contributed by atoms with van der Waals surface area (Å²) in [6.45, 7) is 16.2. The maximum Gasteiger partial charge on any atom is 0.407 e. The van der Waals surface area contributed by atoms with Gasteiger partial charge in [-0.25, -0.2) is 14.6 Å². The average Bonchev–Trinajstić information content (AvgIpc) is 2.44. The lowest BCUT2D eigenvalue weighted by molar-refractivity contribution is -0.138. The van der Waals surface area contributed by atoms with Gasteiger partial charge in [0.05, 0.1) is 12.7 Å². The van der Waals surface area contributed by atoms with Crippen molar-refractivity contribution in [2.24, 2.45) is 10.9 Å². The van der Waals surface area contributed by atoms with Crippen molar-refractivity contribution >= 4 is 17.8 Å². The van der Waals surface area contributed by atoms with Crippen LogP contribution in [-0.2, 0) is 14.3 Å². The Morgan fingerprint density at radius 3 is 2.28 bits per heavy atom. The third-order valence-electron chi connectivity index (χ3n) is 3.29. The number of nitrogens with one attached hydrogen (secondary N) is 1. The Morgan fingerprint density at radius 1 is 1.28 bits per heavy atom. The zero-order valence-corrected chi connectivity index (χ0v) is 16.4. The molecule has 25 heavy (non-hydrogen) atoms. The van der Waals surface area contributed by atoms with Crippen LogP contribution in [0.5, 0.6) is 0 Å². The van der Waals surface area contributed by atoms with Crippen LogP contribution in [0.1, 0.15) is 54.9 Å². The molecule has 0 spiro atoms. The fraction of sp³-hybridized carbons (Fsp3) is 0.722. The molecule has 7 heteroatoms. The lowest BCUT2D eigenvalue weighted by Crippen LogP contribution is -2.44. The van der Waals surface area contributed by atoms with E-state index in [1.165, 1.54) is 0 Å². The topological polar surface area (TPSA) is 97.2 Å². The van der Waals surface area contributed by atoms with Crippen LogP contribution < -0.4 is 5.32 Å². The van der Waals surface area contributed by atoms with Crippen molar-refractivity contribution < 1.29 is 24.2 Å². The van der Waals surface area contributed by atoms with E-state index in [4.69, 9.17) is 9.47 Å². The quantitative estimate of drug-likeness (QED) is 0.396. The van der Waals surface area contributed by atoms with Gasteiger partial charge in [-0.15, -0.1) is 0 Å². The normalized spacial score (nSPS) is 14.7. The fourth-order valence-corrected chi connectivity index (χ4v) is 1.92. The number of aliphatic imine (C=N–C) groups is 1. The molecule has 144 valence electrons. The first-order valence-electron chi connectivity index (χ1n) is 8.46. The number of carbonyl (C=O) groups excluding carboxylic acids is 2. The van der Waals surface area contributed by atoms with Crippen LogP contribution in [0.4, 0.5) is 4.79 Å². The molecule has 2 N–H and O–H groups in total. The summed E-state index contributed by atoms with van der Waals surface area (Å²) in [4.78, 5) is 27.5. The molecule has 0 aromatic heterocycles. The highest BCUT2D eigenvalue weighted by Gasteiger charge is 2.24. The Kier molecular flexibility index (Phi) is 9.41. The number of aliphatic hydroxyl groups excluding tert-OH is 1. The van der Waals surface area contributed by atoms with Crippen molar-refractivity contribution in [3.63, 3.8) is 0 Å². The molecule has 0 aromatic rings. The van der Waals surface area contributed by atoms with E-state index in [2.05, 4.69) is 16.9 Å². The molecule has 7 nitrogen and oxygen atoms in total. The molecular weight excluding hydrogens is 324 g/mol. The van der Waals surface area contributed by atoms with Gasteiger partial charge >= 0.3 is 12.1 Å². The smallest absolute Gasteiger partial charge is 0.407 e. The van der Waals surface area contributed by atoms with Crippen molar-refractivity contribution in [2.45, 2.75) is 72.6 Å². The SMILES string of the molecule is C=C(N=C(C)C(O)CC(NC(=O)OC(C)(C)C)C(C)C)C(=O)OCC. The summed E-state index contributed by atoms with van der Waals surface area (Å²) in [7, 11) is 0. The highest BCUT2D eigenvalue weighted by atomic mass is 16.6. The predicted molar refractivity (Wildman–Crippen MR) is 97.5 cm³/mol. The van der Waals surface area contributed by atoms with Crippen molar-refractivity contribution in [3.8, 4) is 0 Å². The van der Waals surface area contributed by atoms with Gasteiger partial charge in [-0.3, -0.25) is 0 Å². The molecule has 2 atom stereocenters. The molecule has 1 amide bonds. The first-order chi connectivity index (χ1) is 11.4. The van der Waals surface area contributed by atoms with Crippen LogP contribution in [0.25, 0.3) is 0 Å². The van der Waals surface area contributed by atoms with Gasteiger partial charge in [0.1, 0.15) is 11.3 Å². The van der Waals surface area contributed by atoms with Crippen molar-refractivity contribution in [1.82, 2.24) is 5.32 Å². The fourth-order valence-electron chi connectivity index (χ4n) is 1.92. The Labute approximate surface area is 150 Å². The second-order valence-corrected chi connectivity index (χ2v) is 7.17. The van der Waals surface area contributed by atoms with Crippen LogP contribution in [0, 0.1) is 5.92 Å². The average molecular weight is 356 g/mol. The Morgan fingerprint density at radius 2 is 1.84 bits per heavy atom. The lowest BCUT2D eigenvalue weighted by atomic mass is 9.96. The van der Waals surface area contributed by atoms with Gasteiger partial charge in [-0.05, 0) is 47.0 Å². The number of aliphatic hydroxyl groups is 1. The van der Waals surface area contributed by atoms with E-state index in [0.717, 1.165) is 0 Å². The Hall–Kier alpha value is -1.89. The molecule has 0 aliphatic heterocycles. The van der Waals surface area contributed by atoms with Crippen molar-refractivity contribution in [2.75, 3.05) is 6.61 Å². The van der Waals surface area contributed by atoms with Gasteiger partial charge in [0.2, 0.25) is 0 Å². The molecule has 0 fully saturated rings. The van der Waals surface area contributed by atoms with E-state index in [9.17, 15) is 14.7 Å². The zero-order chi connectivity index (χ0) is 19.8. The van der Waals surface area contributed by atoms with E-state index in [-0.39, 0.29) is 30.7 Å². The van der Waals surface area contributed by atoms with E-state index in [1.807, 2.05) is 13.8 Å². The number of alkyl carbamates (subject to hydrolysis) is 1. The third kappa shape index (κ3) is 9.86. The number of carbonyl (C=O) groups is 2. The highest BCUT2D eigenvalue weighted by molar-refractivity contribution is 5.94. The number of esters is 1. The van der Waals surface area contributed by atoms with Gasteiger partial charge in [-0.1, -0.05) is 20.4 Å². The summed E-state index contributed by atoms with van der Waals surface area (Å²) in [6, 6.07) is -0.314. The van der Waals surface area contributed by atoms with Crippen molar-refractivity contribution in [3.05, 3.63) is 12.3 Å². The molecule has 0 aliphatic carbocycles. The summed E-state index contributed by atoms with van der Waals surface area (Å²) >= 11 is 0. The molecule has 2 unspecified atom stereocenters. The van der Waals surface area contributed by atoms with E-state index in [0.29, 0.717) is 5.71 Å². The zero-order valence-electron chi connectivity index (χ0n) is 16.4. The largest absolute Gasteiger partial charge is 0.461 e. The third-order valence-corrected chi connectivity index (χ3v) is 3.29. The Balaban J connectivity index is 4.88.